The fourth-order valence-electron chi connectivity index (χ4n) is 3.33. The molecule has 0 aliphatic carbocycles. The molecule has 2 N–H and O–H groups in total. The Kier molecular flexibility index (Phi) is 4.86. The minimum absolute atomic E-state index is 0.0840. The zero-order valence-corrected chi connectivity index (χ0v) is 17.5. The lowest BCUT2D eigenvalue weighted by Gasteiger charge is -2.08. The van der Waals surface area contributed by atoms with Crippen molar-refractivity contribution in [1.29, 1.82) is 0 Å². The van der Waals surface area contributed by atoms with Crippen LogP contribution in [0.25, 0.3) is 11.2 Å². The Morgan fingerprint density at radius 2 is 2.07 bits per heavy atom. The summed E-state index contributed by atoms with van der Waals surface area (Å²) in [4.78, 5) is 52.8. The van der Waals surface area contributed by atoms with Gasteiger partial charge in [-0.3, -0.25) is 23.5 Å². The second kappa shape index (κ2) is 7.37. The minimum atomic E-state index is -0.629. The summed E-state index contributed by atoms with van der Waals surface area (Å²) in [5.74, 6) is -1.38. The van der Waals surface area contributed by atoms with Crippen molar-refractivity contribution in [2.75, 3.05) is 5.32 Å². The molecule has 0 saturated carbocycles. The Hall–Kier alpha value is -3.54. The fraction of sp³-hybridized carbons (Fsp3) is 0.222. The molecule has 0 fully saturated rings. The lowest BCUT2D eigenvalue weighted by atomic mass is 10.0. The van der Waals surface area contributed by atoms with E-state index >= 15 is 0 Å². The van der Waals surface area contributed by atoms with E-state index in [2.05, 4.69) is 36.8 Å². The van der Waals surface area contributed by atoms with Crippen LogP contribution in [0.15, 0.2) is 43.7 Å². The molecular formula is C18H16BrN7O4. The lowest BCUT2D eigenvalue weighted by molar-refractivity contribution is -0.121. The first-order valence-electron chi connectivity index (χ1n) is 8.81. The molecule has 1 aliphatic heterocycles. The van der Waals surface area contributed by atoms with Gasteiger partial charge in [0.05, 0.1) is 6.33 Å². The van der Waals surface area contributed by atoms with Crippen molar-refractivity contribution in [3.8, 4) is 0 Å². The van der Waals surface area contributed by atoms with Crippen LogP contribution in [0.3, 0.4) is 0 Å². The van der Waals surface area contributed by atoms with Crippen LogP contribution in [-0.4, -0.2) is 36.7 Å². The smallest absolute Gasteiger partial charge is 0.325 e. The van der Waals surface area contributed by atoms with E-state index < -0.39 is 23.1 Å². The molecule has 2 amide bonds. The zero-order chi connectivity index (χ0) is 21.6. The molecule has 1 atom stereocenters. The molecule has 3 aromatic rings. The van der Waals surface area contributed by atoms with Crippen molar-refractivity contribution in [2.45, 2.75) is 12.5 Å². The van der Waals surface area contributed by atoms with E-state index in [1.165, 1.54) is 35.8 Å². The van der Waals surface area contributed by atoms with Crippen LogP contribution in [0.4, 0.5) is 5.69 Å². The third-order valence-electron chi connectivity index (χ3n) is 4.82. The van der Waals surface area contributed by atoms with E-state index in [1.807, 2.05) is 12.1 Å². The van der Waals surface area contributed by atoms with Gasteiger partial charge in [0.25, 0.3) is 11.5 Å². The average molecular weight is 474 g/mol. The van der Waals surface area contributed by atoms with Gasteiger partial charge in [0, 0.05) is 30.5 Å². The molecular weight excluding hydrogens is 458 g/mol. The fourth-order valence-corrected chi connectivity index (χ4v) is 3.71. The maximum absolute atomic E-state index is 12.3. The molecule has 1 aromatic carbocycles. The number of hydrazone groups is 1. The normalized spacial score (nSPS) is 15.6. The number of carbonyl (C=O) groups excluding carboxylic acids is 2. The first-order chi connectivity index (χ1) is 14.3. The van der Waals surface area contributed by atoms with Crippen molar-refractivity contribution in [3.05, 3.63) is 55.4 Å². The molecule has 154 valence electrons. The molecule has 3 heterocycles. The maximum atomic E-state index is 12.3. The Morgan fingerprint density at radius 3 is 2.83 bits per heavy atom. The third kappa shape index (κ3) is 3.24. The number of benzene rings is 1. The van der Waals surface area contributed by atoms with Crippen LogP contribution in [0, 0.1) is 0 Å². The van der Waals surface area contributed by atoms with E-state index in [-0.39, 0.29) is 23.6 Å². The number of amides is 2. The summed E-state index contributed by atoms with van der Waals surface area (Å²) in [6.07, 6.45) is 2.66. The molecule has 0 spiro atoms. The average Bonchev–Trinajstić information content (AvgIpc) is 3.26. The lowest BCUT2D eigenvalue weighted by Crippen LogP contribution is -2.37. The van der Waals surface area contributed by atoms with Crippen LogP contribution in [-0.2, 0) is 30.2 Å². The van der Waals surface area contributed by atoms with Gasteiger partial charge in [-0.05, 0) is 23.8 Å². The largest absolute Gasteiger partial charge is 0.332 e. The Labute approximate surface area is 177 Å². The second-order valence-electron chi connectivity index (χ2n) is 6.76. The van der Waals surface area contributed by atoms with Gasteiger partial charge in [-0.15, -0.1) is 0 Å². The molecule has 4 rings (SSSR count). The van der Waals surface area contributed by atoms with Gasteiger partial charge < -0.3 is 9.88 Å². The predicted molar refractivity (Wildman–Crippen MR) is 112 cm³/mol. The maximum Gasteiger partial charge on any atom is 0.332 e. The second-order valence-corrected chi connectivity index (χ2v) is 7.68. The molecule has 12 heteroatoms. The van der Waals surface area contributed by atoms with Crippen LogP contribution in [0.5, 0.6) is 0 Å². The first kappa shape index (κ1) is 19.8. The SMILES string of the molecule is Cn1c(=O)c2ncn(CC(=O)N/N=C/[C@H]3C(=O)Nc4ccc(Br)cc43)c2n(C)c1=O. The summed E-state index contributed by atoms with van der Waals surface area (Å²) in [5.41, 5.74) is 3.05. The molecule has 30 heavy (non-hydrogen) atoms. The topological polar surface area (TPSA) is 132 Å². The molecule has 0 saturated heterocycles. The summed E-state index contributed by atoms with van der Waals surface area (Å²) in [5, 5.41) is 6.65. The zero-order valence-electron chi connectivity index (χ0n) is 15.9. The number of hydrogen-bond donors (Lipinski definition) is 2. The Morgan fingerprint density at radius 1 is 1.30 bits per heavy atom. The van der Waals surface area contributed by atoms with Crippen LogP contribution in [0.2, 0.25) is 0 Å². The number of aromatic nitrogens is 4. The van der Waals surface area contributed by atoms with Crippen molar-refractivity contribution < 1.29 is 9.59 Å². The summed E-state index contributed by atoms with van der Waals surface area (Å²) in [7, 11) is 2.85. The molecule has 2 aromatic heterocycles. The van der Waals surface area contributed by atoms with Crippen molar-refractivity contribution in [2.24, 2.45) is 19.2 Å². The summed E-state index contributed by atoms with van der Waals surface area (Å²) in [6.45, 7) is -0.215. The molecule has 0 bridgehead atoms. The predicted octanol–water partition coefficient (Wildman–Crippen LogP) is 0.0341. The highest BCUT2D eigenvalue weighted by atomic mass is 79.9. The van der Waals surface area contributed by atoms with Crippen LogP contribution < -0.4 is 22.0 Å². The minimum Gasteiger partial charge on any atom is -0.325 e. The number of halogens is 1. The van der Waals surface area contributed by atoms with Gasteiger partial charge in [-0.1, -0.05) is 15.9 Å². The molecule has 11 nitrogen and oxygen atoms in total. The van der Waals surface area contributed by atoms with E-state index in [4.69, 9.17) is 0 Å². The Balaban J connectivity index is 1.52. The van der Waals surface area contributed by atoms with Crippen molar-refractivity contribution in [1.82, 2.24) is 24.1 Å². The number of rotatable bonds is 4. The molecule has 1 aliphatic rings. The van der Waals surface area contributed by atoms with Gasteiger partial charge in [-0.2, -0.15) is 5.10 Å². The van der Waals surface area contributed by atoms with Gasteiger partial charge >= 0.3 is 5.69 Å². The van der Waals surface area contributed by atoms with Gasteiger partial charge in [-0.25, -0.2) is 15.2 Å². The van der Waals surface area contributed by atoms with E-state index in [9.17, 15) is 19.2 Å². The number of imidazole rings is 1. The third-order valence-corrected chi connectivity index (χ3v) is 5.32. The van der Waals surface area contributed by atoms with E-state index in [0.29, 0.717) is 5.69 Å². The highest BCUT2D eigenvalue weighted by Gasteiger charge is 2.29. The standard InChI is InChI=1S/C18H16BrN7O4/c1-24-16-14(17(29)25(2)18(24)30)20-8-26(16)7-13(27)23-21-6-11-10-5-9(19)3-4-12(10)22-15(11)28/h3-6,8,11H,7H2,1-2H3,(H,22,28)(H,23,27)/b21-6+/t11-/m1/s1. The molecule has 0 radical (unpaired) electrons. The summed E-state index contributed by atoms with van der Waals surface area (Å²) >= 11 is 3.37. The number of nitrogens with one attached hydrogen (secondary N) is 2. The number of anilines is 1. The van der Waals surface area contributed by atoms with Crippen molar-refractivity contribution >= 4 is 50.8 Å². The van der Waals surface area contributed by atoms with Gasteiger partial charge in [0.15, 0.2) is 5.52 Å². The van der Waals surface area contributed by atoms with Gasteiger partial charge in [0.2, 0.25) is 5.91 Å². The summed E-state index contributed by atoms with van der Waals surface area (Å²) < 4.78 is 4.41. The number of hydrogen-bond acceptors (Lipinski definition) is 6. The molecule has 0 unspecified atom stereocenters. The van der Waals surface area contributed by atoms with Crippen LogP contribution in [0.1, 0.15) is 11.5 Å². The number of aryl methyl sites for hydroxylation is 1. The first-order valence-corrected chi connectivity index (χ1v) is 9.60. The number of fused-ring (bicyclic) bond motifs is 2. The Bertz CT molecular complexity index is 1350. The van der Waals surface area contributed by atoms with Gasteiger partial charge in [0.1, 0.15) is 18.1 Å². The van der Waals surface area contributed by atoms with Crippen molar-refractivity contribution in [3.63, 3.8) is 0 Å². The van der Waals surface area contributed by atoms with Crippen LogP contribution >= 0.6 is 15.9 Å². The van der Waals surface area contributed by atoms with E-state index in [0.717, 1.165) is 14.6 Å². The monoisotopic (exact) mass is 473 g/mol. The number of carbonyl (C=O) groups is 2. The number of nitrogens with zero attached hydrogens (tertiary/aromatic N) is 5. The van der Waals surface area contributed by atoms with E-state index in [1.54, 1.807) is 6.07 Å². The highest BCUT2D eigenvalue weighted by Crippen LogP contribution is 2.33. The summed E-state index contributed by atoms with van der Waals surface area (Å²) in [6, 6.07) is 5.41. The quantitative estimate of drug-likeness (QED) is 0.407. The highest BCUT2D eigenvalue weighted by molar-refractivity contribution is 9.10.